The van der Waals surface area contributed by atoms with Crippen LogP contribution >= 0.6 is 15.9 Å². The minimum absolute atomic E-state index is 0.444. The minimum atomic E-state index is 0.444. The Bertz CT molecular complexity index is 484. The molecule has 1 aromatic carbocycles. The van der Waals surface area contributed by atoms with E-state index in [1.807, 2.05) is 29.8 Å². The average Bonchev–Trinajstić information content (AvgIpc) is 2.84. The summed E-state index contributed by atoms with van der Waals surface area (Å²) in [5.74, 6) is 1.70. The van der Waals surface area contributed by atoms with Crippen LogP contribution in [0.4, 0.5) is 0 Å². The highest BCUT2D eigenvalue weighted by molar-refractivity contribution is 9.08. The Kier molecular flexibility index (Phi) is 4.14. The van der Waals surface area contributed by atoms with Crippen LogP contribution in [0.25, 0.3) is 0 Å². The van der Waals surface area contributed by atoms with E-state index in [0.29, 0.717) is 6.61 Å². The highest BCUT2D eigenvalue weighted by Crippen LogP contribution is 2.16. The first kappa shape index (κ1) is 12.1. The van der Waals surface area contributed by atoms with Crippen LogP contribution in [0.5, 0.6) is 5.75 Å². The number of aromatic nitrogens is 3. The molecule has 0 aliphatic rings. The summed E-state index contributed by atoms with van der Waals surface area (Å²) in [6, 6.07) is 7.99. The van der Waals surface area contributed by atoms with Gasteiger partial charge in [0.25, 0.3) is 0 Å². The first-order valence-electron chi connectivity index (χ1n) is 5.48. The monoisotopic (exact) mass is 295 g/mol. The van der Waals surface area contributed by atoms with E-state index >= 15 is 0 Å². The molecule has 5 heteroatoms. The van der Waals surface area contributed by atoms with Crippen LogP contribution in [-0.2, 0) is 18.5 Å². The van der Waals surface area contributed by atoms with Crippen LogP contribution in [0.15, 0.2) is 30.6 Å². The zero-order valence-corrected chi connectivity index (χ0v) is 11.2. The minimum Gasteiger partial charge on any atom is -0.486 e. The number of hydrogen-bond donors (Lipinski definition) is 0. The molecule has 0 unspecified atom stereocenters. The Morgan fingerprint density at radius 3 is 3.06 bits per heavy atom. The molecule has 2 rings (SSSR count). The number of rotatable bonds is 5. The van der Waals surface area contributed by atoms with E-state index in [0.717, 1.165) is 23.4 Å². The fourth-order valence-corrected chi connectivity index (χ4v) is 1.88. The molecule has 0 saturated carbocycles. The molecule has 0 fully saturated rings. The van der Waals surface area contributed by atoms with E-state index in [1.165, 1.54) is 5.56 Å². The summed E-state index contributed by atoms with van der Waals surface area (Å²) in [7, 11) is 0. The topological polar surface area (TPSA) is 39.9 Å². The first-order valence-corrected chi connectivity index (χ1v) is 6.60. The molecule has 0 aliphatic carbocycles. The normalized spacial score (nSPS) is 10.5. The smallest absolute Gasteiger partial charge is 0.164 e. The Balaban J connectivity index is 2.02. The fourth-order valence-electron chi connectivity index (χ4n) is 1.53. The second-order valence-electron chi connectivity index (χ2n) is 3.56. The number of halogens is 1. The molecule has 0 N–H and O–H groups in total. The quantitative estimate of drug-likeness (QED) is 0.797. The SMILES string of the molecule is CCn1ncnc1COc1cccc(CBr)c1. The van der Waals surface area contributed by atoms with Crippen molar-refractivity contribution in [2.75, 3.05) is 0 Å². The summed E-state index contributed by atoms with van der Waals surface area (Å²) in [5.41, 5.74) is 1.19. The molecular formula is C12H14BrN3O. The van der Waals surface area contributed by atoms with Gasteiger partial charge in [-0.3, -0.25) is 0 Å². The fraction of sp³-hybridized carbons (Fsp3) is 0.333. The lowest BCUT2D eigenvalue weighted by Crippen LogP contribution is -2.07. The molecule has 0 radical (unpaired) electrons. The highest BCUT2D eigenvalue weighted by atomic mass is 79.9. The van der Waals surface area contributed by atoms with Crippen molar-refractivity contribution in [3.05, 3.63) is 42.0 Å². The van der Waals surface area contributed by atoms with Crippen molar-refractivity contribution >= 4 is 15.9 Å². The maximum Gasteiger partial charge on any atom is 0.164 e. The molecule has 0 aliphatic heterocycles. The van der Waals surface area contributed by atoms with Crippen molar-refractivity contribution in [1.82, 2.24) is 14.8 Å². The van der Waals surface area contributed by atoms with Crippen LogP contribution in [0.2, 0.25) is 0 Å². The number of aryl methyl sites for hydroxylation is 1. The Labute approximate surface area is 109 Å². The van der Waals surface area contributed by atoms with Gasteiger partial charge in [-0.25, -0.2) is 9.67 Å². The van der Waals surface area contributed by atoms with E-state index < -0.39 is 0 Å². The number of benzene rings is 1. The summed E-state index contributed by atoms with van der Waals surface area (Å²) in [5, 5.41) is 4.93. The van der Waals surface area contributed by atoms with Crippen LogP contribution in [0.3, 0.4) is 0 Å². The van der Waals surface area contributed by atoms with Crippen molar-refractivity contribution in [1.29, 1.82) is 0 Å². The molecule has 90 valence electrons. The van der Waals surface area contributed by atoms with E-state index in [-0.39, 0.29) is 0 Å². The van der Waals surface area contributed by atoms with E-state index in [1.54, 1.807) is 6.33 Å². The van der Waals surface area contributed by atoms with Gasteiger partial charge < -0.3 is 4.74 Å². The number of ether oxygens (including phenoxy) is 1. The van der Waals surface area contributed by atoms with Gasteiger partial charge in [-0.1, -0.05) is 28.1 Å². The number of alkyl halides is 1. The predicted octanol–water partition coefficient (Wildman–Crippen LogP) is 2.77. The molecule has 0 amide bonds. The Hall–Kier alpha value is -1.36. The second kappa shape index (κ2) is 5.82. The van der Waals surface area contributed by atoms with Gasteiger partial charge in [0.05, 0.1) is 0 Å². The van der Waals surface area contributed by atoms with Gasteiger partial charge in [0, 0.05) is 11.9 Å². The van der Waals surface area contributed by atoms with Crippen molar-refractivity contribution in [3.63, 3.8) is 0 Å². The molecule has 1 aromatic heterocycles. The molecule has 0 saturated heterocycles. The van der Waals surface area contributed by atoms with E-state index in [2.05, 4.69) is 32.1 Å². The van der Waals surface area contributed by atoms with Crippen molar-refractivity contribution in [3.8, 4) is 5.75 Å². The summed E-state index contributed by atoms with van der Waals surface area (Å²) < 4.78 is 7.52. The van der Waals surface area contributed by atoms with E-state index in [4.69, 9.17) is 4.74 Å². The molecule has 0 atom stereocenters. The zero-order chi connectivity index (χ0) is 12.1. The molecule has 4 nitrogen and oxygen atoms in total. The number of nitrogens with zero attached hydrogens (tertiary/aromatic N) is 3. The molecule has 2 aromatic rings. The van der Waals surface area contributed by atoms with Crippen molar-refractivity contribution in [2.45, 2.75) is 25.4 Å². The lowest BCUT2D eigenvalue weighted by Gasteiger charge is -2.07. The molecule has 0 spiro atoms. The predicted molar refractivity (Wildman–Crippen MR) is 69.1 cm³/mol. The summed E-state index contributed by atoms with van der Waals surface area (Å²) in [6.07, 6.45) is 1.55. The summed E-state index contributed by atoms with van der Waals surface area (Å²) in [6.45, 7) is 3.28. The third-order valence-electron chi connectivity index (χ3n) is 2.42. The molecular weight excluding hydrogens is 282 g/mol. The Morgan fingerprint density at radius 2 is 2.29 bits per heavy atom. The van der Waals surface area contributed by atoms with Crippen LogP contribution < -0.4 is 4.74 Å². The standard InChI is InChI=1S/C12H14BrN3O/c1-2-16-12(14-9-15-16)8-17-11-5-3-4-10(6-11)7-13/h3-6,9H,2,7-8H2,1H3. The Morgan fingerprint density at radius 1 is 1.41 bits per heavy atom. The number of hydrogen-bond acceptors (Lipinski definition) is 3. The van der Waals surface area contributed by atoms with Gasteiger partial charge in [0.1, 0.15) is 18.7 Å². The highest BCUT2D eigenvalue weighted by Gasteiger charge is 2.03. The first-order chi connectivity index (χ1) is 8.33. The third-order valence-corrected chi connectivity index (χ3v) is 3.06. The molecule has 17 heavy (non-hydrogen) atoms. The maximum atomic E-state index is 5.69. The van der Waals surface area contributed by atoms with Gasteiger partial charge in [-0.2, -0.15) is 5.10 Å². The summed E-state index contributed by atoms with van der Waals surface area (Å²) >= 11 is 3.42. The van der Waals surface area contributed by atoms with Gasteiger partial charge in [0.2, 0.25) is 0 Å². The van der Waals surface area contributed by atoms with Crippen LogP contribution in [0, 0.1) is 0 Å². The van der Waals surface area contributed by atoms with Crippen molar-refractivity contribution < 1.29 is 4.74 Å². The van der Waals surface area contributed by atoms with Gasteiger partial charge in [-0.05, 0) is 24.6 Å². The van der Waals surface area contributed by atoms with Gasteiger partial charge >= 0.3 is 0 Å². The second-order valence-corrected chi connectivity index (χ2v) is 4.12. The summed E-state index contributed by atoms with van der Waals surface area (Å²) in [4.78, 5) is 4.16. The third kappa shape index (κ3) is 3.06. The van der Waals surface area contributed by atoms with Gasteiger partial charge in [0.15, 0.2) is 5.82 Å². The van der Waals surface area contributed by atoms with Crippen LogP contribution in [-0.4, -0.2) is 14.8 Å². The maximum absolute atomic E-state index is 5.69. The van der Waals surface area contributed by atoms with Gasteiger partial charge in [-0.15, -0.1) is 0 Å². The zero-order valence-electron chi connectivity index (χ0n) is 9.64. The van der Waals surface area contributed by atoms with Crippen LogP contribution in [0.1, 0.15) is 18.3 Å². The molecule has 0 bridgehead atoms. The molecule has 1 heterocycles. The lowest BCUT2D eigenvalue weighted by molar-refractivity contribution is 0.287. The largest absolute Gasteiger partial charge is 0.486 e. The van der Waals surface area contributed by atoms with Crippen molar-refractivity contribution in [2.24, 2.45) is 0 Å². The average molecular weight is 296 g/mol. The lowest BCUT2D eigenvalue weighted by atomic mass is 10.2. The van der Waals surface area contributed by atoms with E-state index in [9.17, 15) is 0 Å².